The number of primary amides is 1. The van der Waals surface area contributed by atoms with Gasteiger partial charge in [0.05, 0.1) is 10.6 Å². The van der Waals surface area contributed by atoms with Crippen LogP contribution in [0.2, 0.25) is 5.02 Å². The van der Waals surface area contributed by atoms with Crippen molar-refractivity contribution in [2.75, 3.05) is 45.2 Å². The van der Waals surface area contributed by atoms with Crippen LogP contribution in [0.15, 0.2) is 12.3 Å². The van der Waals surface area contributed by atoms with Crippen LogP contribution in [0.4, 0.5) is 5.82 Å². The van der Waals surface area contributed by atoms with Crippen LogP contribution in [0.5, 0.6) is 0 Å². The maximum atomic E-state index is 12.1. The Balaban J connectivity index is 2.11. The van der Waals surface area contributed by atoms with Crippen molar-refractivity contribution in [3.63, 3.8) is 0 Å². The van der Waals surface area contributed by atoms with E-state index in [4.69, 9.17) is 17.3 Å². The number of hydrogen-bond acceptors (Lipinski definition) is 5. The molecule has 1 fully saturated rings. The molecule has 1 amide bonds. The van der Waals surface area contributed by atoms with Gasteiger partial charge in [0.15, 0.2) is 0 Å². The number of hydrogen-bond donors (Lipinski definition) is 1. The van der Waals surface area contributed by atoms with Crippen LogP contribution in [0.25, 0.3) is 0 Å². The van der Waals surface area contributed by atoms with Crippen molar-refractivity contribution in [3.8, 4) is 0 Å². The van der Waals surface area contributed by atoms with Crippen molar-refractivity contribution < 1.29 is 13.2 Å². The zero-order valence-corrected chi connectivity index (χ0v) is 13.9. The second-order valence-corrected chi connectivity index (χ2v) is 7.62. The Kier molecular flexibility index (Phi) is 4.90. The Hall–Kier alpha value is -1.42. The van der Waals surface area contributed by atoms with Crippen LogP contribution in [-0.4, -0.2) is 68.2 Å². The normalized spacial score (nSPS) is 17.0. The molecule has 1 saturated heterocycles. The van der Waals surface area contributed by atoms with Gasteiger partial charge < -0.3 is 10.6 Å². The smallest absolute Gasteiger partial charge is 0.281 e. The van der Waals surface area contributed by atoms with Gasteiger partial charge >= 0.3 is 0 Å². The molecule has 10 heteroatoms. The molecule has 22 heavy (non-hydrogen) atoms. The van der Waals surface area contributed by atoms with Crippen molar-refractivity contribution in [3.05, 3.63) is 22.8 Å². The summed E-state index contributed by atoms with van der Waals surface area (Å²) >= 11 is 6.13. The summed E-state index contributed by atoms with van der Waals surface area (Å²) in [4.78, 5) is 17.1. The third kappa shape index (κ3) is 3.32. The number of carbonyl (C=O) groups excluding carboxylic acids is 1. The molecule has 2 heterocycles. The molecule has 0 saturated carbocycles. The molecule has 0 aliphatic carbocycles. The standard InChI is InChI=1S/C12H18ClN5O3S/c1-16(2)22(20,21)18-5-3-17(4-6-18)12-10(13)7-9(8-15-12)11(14)19/h7-8H,3-6H2,1-2H3,(H2,14,19). The maximum absolute atomic E-state index is 12.1. The van der Waals surface area contributed by atoms with E-state index in [1.807, 2.05) is 4.90 Å². The number of halogens is 1. The number of nitrogens with two attached hydrogens (primary N) is 1. The molecular formula is C12H18ClN5O3S. The molecule has 0 atom stereocenters. The van der Waals surface area contributed by atoms with E-state index in [0.717, 1.165) is 0 Å². The van der Waals surface area contributed by atoms with Gasteiger partial charge in [0, 0.05) is 46.5 Å². The first-order chi connectivity index (χ1) is 10.2. The van der Waals surface area contributed by atoms with E-state index in [0.29, 0.717) is 37.0 Å². The van der Waals surface area contributed by atoms with Crippen LogP contribution >= 0.6 is 11.6 Å². The quantitative estimate of drug-likeness (QED) is 0.810. The number of anilines is 1. The molecule has 2 rings (SSSR count). The monoisotopic (exact) mass is 347 g/mol. The minimum Gasteiger partial charge on any atom is -0.366 e. The highest BCUT2D eigenvalue weighted by Crippen LogP contribution is 2.25. The van der Waals surface area contributed by atoms with E-state index in [1.165, 1.54) is 35.0 Å². The Bertz CT molecular complexity index is 671. The molecule has 1 aromatic rings. The van der Waals surface area contributed by atoms with E-state index in [9.17, 15) is 13.2 Å². The van der Waals surface area contributed by atoms with Gasteiger partial charge in [-0.1, -0.05) is 11.6 Å². The molecule has 0 radical (unpaired) electrons. The van der Waals surface area contributed by atoms with E-state index >= 15 is 0 Å². The third-order valence-corrected chi connectivity index (χ3v) is 5.65. The lowest BCUT2D eigenvalue weighted by Crippen LogP contribution is -2.52. The highest BCUT2D eigenvalue weighted by Gasteiger charge is 2.29. The second-order valence-electron chi connectivity index (χ2n) is 5.07. The first-order valence-corrected chi connectivity index (χ1v) is 8.39. The number of rotatable bonds is 4. The molecule has 0 aromatic carbocycles. The summed E-state index contributed by atoms with van der Waals surface area (Å²) in [7, 11) is -0.403. The molecule has 1 aromatic heterocycles. The van der Waals surface area contributed by atoms with Crippen molar-refractivity contribution in [1.29, 1.82) is 0 Å². The van der Waals surface area contributed by atoms with Crippen LogP contribution in [-0.2, 0) is 10.2 Å². The summed E-state index contributed by atoms with van der Waals surface area (Å²) in [6.07, 6.45) is 1.37. The van der Waals surface area contributed by atoms with Gasteiger partial charge in [-0.15, -0.1) is 0 Å². The van der Waals surface area contributed by atoms with Gasteiger partial charge in [-0.3, -0.25) is 4.79 Å². The molecule has 0 unspecified atom stereocenters. The SMILES string of the molecule is CN(C)S(=O)(=O)N1CCN(c2ncc(C(N)=O)cc2Cl)CC1. The Labute approximate surface area is 134 Å². The zero-order chi connectivity index (χ0) is 16.5. The molecule has 0 spiro atoms. The molecule has 2 N–H and O–H groups in total. The fourth-order valence-corrected chi connectivity index (χ4v) is 3.53. The number of nitrogens with zero attached hydrogens (tertiary/aromatic N) is 4. The van der Waals surface area contributed by atoms with Crippen molar-refractivity contribution in [2.45, 2.75) is 0 Å². The average molecular weight is 348 g/mol. The summed E-state index contributed by atoms with van der Waals surface area (Å²) in [6, 6.07) is 1.47. The average Bonchev–Trinajstić information content (AvgIpc) is 2.47. The second kappa shape index (κ2) is 6.37. The van der Waals surface area contributed by atoms with E-state index in [1.54, 1.807) is 0 Å². The van der Waals surface area contributed by atoms with Gasteiger partial charge in [0.2, 0.25) is 5.91 Å². The lowest BCUT2D eigenvalue weighted by molar-refractivity contribution is 0.1000. The van der Waals surface area contributed by atoms with Crippen LogP contribution < -0.4 is 10.6 Å². The van der Waals surface area contributed by atoms with Gasteiger partial charge in [-0.2, -0.15) is 17.0 Å². The first-order valence-electron chi connectivity index (χ1n) is 6.61. The van der Waals surface area contributed by atoms with E-state index < -0.39 is 16.1 Å². The summed E-state index contributed by atoms with van der Waals surface area (Å²) in [5.41, 5.74) is 5.41. The summed E-state index contributed by atoms with van der Waals surface area (Å²) in [5, 5.41) is 0.320. The summed E-state index contributed by atoms with van der Waals surface area (Å²) in [6.45, 7) is 1.62. The van der Waals surface area contributed by atoms with Gasteiger partial charge in [0.1, 0.15) is 5.82 Å². The fraction of sp³-hybridized carbons (Fsp3) is 0.500. The number of carbonyl (C=O) groups is 1. The Morgan fingerprint density at radius 3 is 2.36 bits per heavy atom. The van der Waals surface area contributed by atoms with Gasteiger partial charge in [0.25, 0.3) is 10.2 Å². The van der Waals surface area contributed by atoms with Crippen LogP contribution in [0, 0.1) is 0 Å². The largest absolute Gasteiger partial charge is 0.366 e. The molecule has 1 aliphatic rings. The topological polar surface area (TPSA) is 99.8 Å². The van der Waals surface area contributed by atoms with Crippen LogP contribution in [0.1, 0.15) is 10.4 Å². The number of aromatic nitrogens is 1. The molecule has 8 nitrogen and oxygen atoms in total. The van der Waals surface area contributed by atoms with Gasteiger partial charge in [-0.05, 0) is 6.07 Å². The predicted octanol–water partition coefficient (Wildman–Crippen LogP) is -0.238. The highest BCUT2D eigenvalue weighted by molar-refractivity contribution is 7.86. The van der Waals surface area contributed by atoms with E-state index in [2.05, 4.69) is 4.98 Å². The Morgan fingerprint density at radius 1 is 1.32 bits per heavy atom. The Morgan fingerprint density at radius 2 is 1.91 bits per heavy atom. The highest BCUT2D eigenvalue weighted by atomic mass is 35.5. The fourth-order valence-electron chi connectivity index (χ4n) is 2.16. The molecule has 122 valence electrons. The molecule has 1 aliphatic heterocycles. The van der Waals surface area contributed by atoms with Crippen molar-refractivity contribution in [2.24, 2.45) is 5.73 Å². The minimum atomic E-state index is -3.41. The van der Waals surface area contributed by atoms with Crippen molar-refractivity contribution in [1.82, 2.24) is 13.6 Å². The first kappa shape index (κ1) is 16.9. The van der Waals surface area contributed by atoms with Crippen LogP contribution in [0.3, 0.4) is 0 Å². The lowest BCUT2D eigenvalue weighted by atomic mass is 10.2. The third-order valence-electron chi connectivity index (χ3n) is 3.43. The zero-order valence-electron chi connectivity index (χ0n) is 12.4. The van der Waals surface area contributed by atoms with Crippen molar-refractivity contribution >= 4 is 33.5 Å². The summed E-state index contributed by atoms with van der Waals surface area (Å²) in [5.74, 6) is -0.0728. The molecular weight excluding hydrogens is 330 g/mol. The van der Waals surface area contributed by atoms with Gasteiger partial charge in [-0.25, -0.2) is 4.98 Å². The number of amides is 1. The number of pyridine rings is 1. The minimum absolute atomic E-state index is 0.238. The lowest BCUT2D eigenvalue weighted by Gasteiger charge is -2.36. The predicted molar refractivity (Wildman–Crippen MR) is 84.2 cm³/mol. The number of piperazine rings is 1. The maximum Gasteiger partial charge on any atom is 0.281 e. The van der Waals surface area contributed by atoms with E-state index in [-0.39, 0.29) is 5.56 Å². The summed E-state index contributed by atoms with van der Waals surface area (Å²) < 4.78 is 26.7. The molecule has 0 bridgehead atoms.